The van der Waals surface area contributed by atoms with Crippen LogP contribution in [0.5, 0.6) is 0 Å². The van der Waals surface area contributed by atoms with Crippen LogP contribution in [0.1, 0.15) is 22.8 Å². The van der Waals surface area contributed by atoms with Crippen molar-refractivity contribution < 1.29 is 9.36 Å². The van der Waals surface area contributed by atoms with Gasteiger partial charge < -0.3 is 0 Å². The third kappa shape index (κ3) is 2.04. The summed E-state index contributed by atoms with van der Waals surface area (Å²) >= 11 is 0. The molecule has 0 bridgehead atoms. The van der Waals surface area contributed by atoms with Crippen molar-refractivity contribution in [3.05, 3.63) is 78.0 Å². The topological polar surface area (TPSA) is 20.9 Å². The van der Waals surface area contributed by atoms with Crippen molar-refractivity contribution in [1.29, 1.82) is 0 Å². The molecule has 0 N–H and O–H groups in total. The minimum absolute atomic E-state index is 0.108. The number of fused-ring (bicyclic) bond motifs is 3. The number of carbonyl (C=O) groups is 1. The van der Waals surface area contributed by atoms with E-state index in [9.17, 15) is 4.79 Å². The second kappa shape index (κ2) is 4.92. The van der Waals surface area contributed by atoms with E-state index in [1.54, 1.807) is 6.92 Å². The molecule has 0 radical (unpaired) electrons. The molecule has 0 aliphatic carbocycles. The molecule has 3 aromatic rings. The number of benzene rings is 2. The number of hydrogen-bond acceptors (Lipinski definition) is 1. The number of aromatic nitrogens is 1. The van der Waals surface area contributed by atoms with Crippen molar-refractivity contribution in [2.75, 3.05) is 0 Å². The molecule has 1 aliphatic heterocycles. The normalized spacial score (nSPS) is 11.9. The molecular formula is C20H16NO+. The SMILES string of the molecule is CC(=O)c1ccc2[n+](c1)Cc1cc(-c3ccccc3)ccc1-2. The Labute approximate surface area is 129 Å². The number of hydrogen-bond donors (Lipinski definition) is 0. The molecule has 22 heavy (non-hydrogen) atoms. The third-order valence-corrected chi connectivity index (χ3v) is 4.26. The summed E-state index contributed by atoms with van der Waals surface area (Å²) in [6.07, 6.45) is 1.96. The number of Topliss-reactive ketones (excluding diaryl/α,β-unsaturated/α-hetero) is 1. The first-order valence-electron chi connectivity index (χ1n) is 7.45. The predicted molar refractivity (Wildman–Crippen MR) is 86.6 cm³/mol. The summed E-state index contributed by atoms with van der Waals surface area (Å²) in [6, 6.07) is 21.0. The quantitative estimate of drug-likeness (QED) is 0.405. The van der Waals surface area contributed by atoms with Crippen LogP contribution in [-0.2, 0) is 6.54 Å². The van der Waals surface area contributed by atoms with E-state index < -0.39 is 0 Å². The largest absolute Gasteiger partial charge is 0.294 e. The minimum atomic E-state index is 0.108. The van der Waals surface area contributed by atoms with Crippen molar-refractivity contribution >= 4 is 5.78 Å². The molecule has 0 fully saturated rings. The fourth-order valence-electron chi connectivity index (χ4n) is 3.10. The van der Waals surface area contributed by atoms with Gasteiger partial charge in [-0.1, -0.05) is 36.4 Å². The second-order valence-electron chi connectivity index (χ2n) is 5.73. The lowest BCUT2D eigenvalue weighted by Gasteiger charge is -2.02. The third-order valence-electron chi connectivity index (χ3n) is 4.26. The van der Waals surface area contributed by atoms with E-state index in [-0.39, 0.29) is 5.78 Å². The van der Waals surface area contributed by atoms with Gasteiger partial charge in [0.1, 0.15) is 0 Å². The lowest BCUT2D eigenvalue weighted by molar-refractivity contribution is -0.672. The number of rotatable bonds is 2. The van der Waals surface area contributed by atoms with Crippen LogP contribution in [0.25, 0.3) is 22.4 Å². The van der Waals surface area contributed by atoms with Gasteiger partial charge in [-0.05, 0) is 36.2 Å². The molecule has 0 atom stereocenters. The van der Waals surface area contributed by atoms with E-state index in [0.717, 1.165) is 12.1 Å². The maximum atomic E-state index is 11.5. The van der Waals surface area contributed by atoms with Gasteiger partial charge in [0.15, 0.2) is 18.5 Å². The Morgan fingerprint density at radius 1 is 0.955 bits per heavy atom. The number of nitrogens with zero attached hydrogens (tertiary/aromatic N) is 1. The van der Waals surface area contributed by atoms with E-state index in [1.165, 1.54) is 27.9 Å². The van der Waals surface area contributed by atoms with Crippen molar-refractivity contribution in [3.63, 3.8) is 0 Å². The Morgan fingerprint density at radius 3 is 2.55 bits per heavy atom. The van der Waals surface area contributed by atoms with Crippen LogP contribution in [0.4, 0.5) is 0 Å². The summed E-state index contributed by atoms with van der Waals surface area (Å²) in [5.41, 5.74) is 6.98. The molecule has 0 spiro atoms. The smallest absolute Gasteiger partial charge is 0.213 e. The Hall–Kier alpha value is -2.74. The highest BCUT2D eigenvalue weighted by Crippen LogP contribution is 2.31. The van der Waals surface area contributed by atoms with Gasteiger partial charge >= 0.3 is 0 Å². The molecule has 1 aromatic heterocycles. The average Bonchev–Trinajstić information content (AvgIpc) is 2.92. The fraction of sp³-hybridized carbons (Fsp3) is 0.100. The van der Waals surface area contributed by atoms with Crippen molar-refractivity contribution in [2.24, 2.45) is 0 Å². The van der Waals surface area contributed by atoms with Crippen LogP contribution in [-0.4, -0.2) is 5.78 Å². The molecule has 2 aromatic carbocycles. The monoisotopic (exact) mass is 286 g/mol. The van der Waals surface area contributed by atoms with Crippen LogP contribution in [0.2, 0.25) is 0 Å². The maximum absolute atomic E-state index is 11.5. The lowest BCUT2D eigenvalue weighted by Crippen LogP contribution is -2.32. The minimum Gasteiger partial charge on any atom is -0.294 e. The lowest BCUT2D eigenvalue weighted by atomic mass is 9.99. The van der Waals surface area contributed by atoms with Gasteiger partial charge in [-0.25, -0.2) is 0 Å². The molecule has 2 heterocycles. The molecule has 1 aliphatic rings. The fourth-order valence-corrected chi connectivity index (χ4v) is 3.10. The number of pyridine rings is 1. The first-order chi connectivity index (χ1) is 10.7. The zero-order valence-corrected chi connectivity index (χ0v) is 12.4. The molecule has 2 heteroatoms. The summed E-state index contributed by atoms with van der Waals surface area (Å²) in [5, 5.41) is 0. The second-order valence-corrected chi connectivity index (χ2v) is 5.73. The highest BCUT2D eigenvalue weighted by atomic mass is 16.1. The van der Waals surface area contributed by atoms with Crippen LogP contribution >= 0.6 is 0 Å². The maximum Gasteiger partial charge on any atom is 0.213 e. The number of carbonyl (C=O) groups excluding carboxylic acids is 1. The molecule has 0 saturated carbocycles. The number of ketones is 1. The van der Waals surface area contributed by atoms with Gasteiger partial charge in [-0.15, -0.1) is 0 Å². The van der Waals surface area contributed by atoms with Crippen LogP contribution in [0, 0.1) is 0 Å². The summed E-state index contributed by atoms with van der Waals surface area (Å²) in [7, 11) is 0. The van der Waals surface area contributed by atoms with Crippen molar-refractivity contribution in [1.82, 2.24) is 0 Å². The van der Waals surface area contributed by atoms with Crippen molar-refractivity contribution in [3.8, 4) is 22.4 Å². The highest BCUT2D eigenvalue weighted by molar-refractivity contribution is 5.93. The van der Waals surface area contributed by atoms with E-state index in [0.29, 0.717) is 0 Å². The summed E-state index contributed by atoms with van der Waals surface area (Å²) in [4.78, 5) is 11.5. The van der Waals surface area contributed by atoms with Gasteiger partial charge in [-0.3, -0.25) is 4.79 Å². The van der Waals surface area contributed by atoms with E-state index in [1.807, 2.05) is 24.4 Å². The van der Waals surface area contributed by atoms with Crippen LogP contribution in [0.3, 0.4) is 0 Å². The van der Waals surface area contributed by atoms with E-state index in [4.69, 9.17) is 0 Å². The Kier molecular flexibility index (Phi) is 2.90. The molecule has 106 valence electrons. The zero-order chi connectivity index (χ0) is 15.1. The Bertz CT molecular complexity index is 881. The molecular weight excluding hydrogens is 270 g/mol. The summed E-state index contributed by atoms with van der Waals surface area (Å²) in [6.45, 7) is 2.43. The van der Waals surface area contributed by atoms with E-state index in [2.05, 4.69) is 47.0 Å². The van der Waals surface area contributed by atoms with Gasteiger partial charge in [0.25, 0.3) is 0 Å². The first-order valence-corrected chi connectivity index (χ1v) is 7.45. The van der Waals surface area contributed by atoms with E-state index >= 15 is 0 Å². The standard InChI is InChI=1S/C20H16NO/c1-14(22)17-8-10-20-19-9-7-16(15-5-3-2-4-6-15)11-18(19)13-21(20)12-17/h2-12H,13H2,1H3/q+1. The molecule has 2 nitrogen and oxygen atoms in total. The Morgan fingerprint density at radius 2 is 1.77 bits per heavy atom. The van der Waals surface area contributed by atoms with Gasteiger partial charge in [0.2, 0.25) is 5.69 Å². The molecule has 0 amide bonds. The van der Waals surface area contributed by atoms with Crippen molar-refractivity contribution in [2.45, 2.75) is 13.5 Å². The highest BCUT2D eigenvalue weighted by Gasteiger charge is 2.26. The zero-order valence-electron chi connectivity index (χ0n) is 12.4. The van der Waals surface area contributed by atoms with Gasteiger partial charge in [0, 0.05) is 11.6 Å². The van der Waals surface area contributed by atoms with Crippen LogP contribution < -0.4 is 4.57 Å². The van der Waals surface area contributed by atoms with Crippen LogP contribution in [0.15, 0.2) is 66.9 Å². The molecule has 0 saturated heterocycles. The predicted octanol–water partition coefficient (Wildman–Crippen LogP) is 3.87. The summed E-state index contributed by atoms with van der Waals surface area (Å²) in [5.74, 6) is 0.108. The Balaban J connectivity index is 1.78. The van der Waals surface area contributed by atoms with Gasteiger partial charge in [-0.2, -0.15) is 4.57 Å². The first kappa shape index (κ1) is 13.0. The molecule has 4 rings (SSSR count). The average molecular weight is 286 g/mol. The molecule has 0 unspecified atom stereocenters. The van der Waals surface area contributed by atoms with Gasteiger partial charge in [0.05, 0.1) is 11.1 Å². The summed E-state index contributed by atoms with van der Waals surface area (Å²) < 4.78 is 2.16.